The summed E-state index contributed by atoms with van der Waals surface area (Å²) in [6.45, 7) is 0.677. The molecular weight excluding hydrogens is 260 g/mol. The minimum atomic E-state index is -0.102. The number of anilines is 2. The Hall–Kier alpha value is -2.29. The minimum absolute atomic E-state index is 0.0744. The molecule has 2 aromatic rings. The highest BCUT2D eigenvalue weighted by Gasteiger charge is 2.28. The van der Waals surface area contributed by atoms with E-state index in [-0.39, 0.29) is 11.8 Å². The molecule has 1 aliphatic heterocycles. The van der Waals surface area contributed by atoms with E-state index in [9.17, 15) is 4.79 Å². The lowest BCUT2D eigenvalue weighted by molar-refractivity contribution is -0.117. The second kappa shape index (κ2) is 4.92. The maximum atomic E-state index is 12.5. The predicted molar refractivity (Wildman–Crippen MR) is 84.8 cm³/mol. The van der Waals surface area contributed by atoms with Gasteiger partial charge >= 0.3 is 0 Å². The number of benzene rings is 2. The van der Waals surface area contributed by atoms with Crippen molar-refractivity contribution >= 4 is 17.3 Å². The molecule has 0 spiro atoms. The van der Waals surface area contributed by atoms with Crippen LogP contribution in [0.15, 0.2) is 42.5 Å². The quantitative estimate of drug-likeness (QED) is 0.884. The Balaban J connectivity index is 1.54. The fourth-order valence-electron chi connectivity index (χ4n) is 3.40. The number of aryl methyl sites for hydroxylation is 2. The molecule has 3 heteroatoms. The highest BCUT2D eigenvalue weighted by atomic mass is 16.1. The van der Waals surface area contributed by atoms with Crippen LogP contribution in [0.2, 0.25) is 0 Å². The summed E-state index contributed by atoms with van der Waals surface area (Å²) in [5.74, 6) is -0.0279. The molecule has 0 bridgehead atoms. The Labute approximate surface area is 124 Å². The van der Waals surface area contributed by atoms with Gasteiger partial charge in [-0.1, -0.05) is 24.3 Å². The number of fused-ring (bicyclic) bond motifs is 2. The molecule has 21 heavy (non-hydrogen) atoms. The first-order valence-corrected chi connectivity index (χ1v) is 7.57. The summed E-state index contributed by atoms with van der Waals surface area (Å²) in [6, 6.07) is 14.3. The van der Waals surface area contributed by atoms with Gasteiger partial charge in [-0.2, -0.15) is 0 Å². The van der Waals surface area contributed by atoms with Crippen molar-refractivity contribution in [2.24, 2.45) is 0 Å². The SMILES string of the molecule is O=C(Nc1ccc2c(c1)CCC2)C1CNc2ccccc21. The van der Waals surface area contributed by atoms with E-state index in [1.807, 2.05) is 30.3 Å². The van der Waals surface area contributed by atoms with Crippen LogP contribution in [-0.2, 0) is 17.6 Å². The van der Waals surface area contributed by atoms with Gasteiger partial charge in [0.25, 0.3) is 0 Å². The van der Waals surface area contributed by atoms with Crippen molar-refractivity contribution in [3.8, 4) is 0 Å². The van der Waals surface area contributed by atoms with Crippen molar-refractivity contribution in [3.05, 3.63) is 59.2 Å². The third-order valence-electron chi connectivity index (χ3n) is 4.52. The van der Waals surface area contributed by atoms with Gasteiger partial charge in [0, 0.05) is 17.9 Å². The van der Waals surface area contributed by atoms with E-state index >= 15 is 0 Å². The van der Waals surface area contributed by atoms with Gasteiger partial charge in [-0.3, -0.25) is 4.79 Å². The monoisotopic (exact) mass is 278 g/mol. The van der Waals surface area contributed by atoms with Gasteiger partial charge in [0.15, 0.2) is 0 Å². The summed E-state index contributed by atoms with van der Waals surface area (Å²) in [4.78, 5) is 12.5. The lowest BCUT2D eigenvalue weighted by atomic mass is 10.0. The zero-order chi connectivity index (χ0) is 14.2. The molecule has 2 aliphatic rings. The maximum Gasteiger partial charge on any atom is 0.233 e. The number of hydrogen-bond donors (Lipinski definition) is 2. The minimum Gasteiger partial charge on any atom is -0.384 e. The number of nitrogens with one attached hydrogen (secondary N) is 2. The molecule has 1 unspecified atom stereocenters. The van der Waals surface area contributed by atoms with Gasteiger partial charge < -0.3 is 10.6 Å². The van der Waals surface area contributed by atoms with Gasteiger partial charge in [0.1, 0.15) is 0 Å². The van der Waals surface area contributed by atoms with Crippen molar-refractivity contribution in [2.75, 3.05) is 17.2 Å². The first kappa shape index (κ1) is 12.5. The smallest absolute Gasteiger partial charge is 0.233 e. The van der Waals surface area contributed by atoms with Crippen LogP contribution in [0.1, 0.15) is 29.0 Å². The van der Waals surface area contributed by atoms with E-state index in [4.69, 9.17) is 0 Å². The van der Waals surface area contributed by atoms with E-state index in [1.54, 1.807) is 0 Å². The lowest BCUT2D eigenvalue weighted by Crippen LogP contribution is -2.22. The largest absolute Gasteiger partial charge is 0.384 e. The van der Waals surface area contributed by atoms with E-state index in [0.29, 0.717) is 6.54 Å². The Morgan fingerprint density at radius 2 is 1.95 bits per heavy atom. The van der Waals surface area contributed by atoms with Crippen LogP contribution < -0.4 is 10.6 Å². The van der Waals surface area contributed by atoms with E-state index in [2.05, 4.69) is 22.8 Å². The average molecular weight is 278 g/mol. The molecule has 106 valence electrons. The molecule has 2 N–H and O–H groups in total. The summed E-state index contributed by atoms with van der Waals surface area (Å²) in [5.41, 5.74) is 5.91. The third-order valence-corrected chi connectivity index (χ3v) is 4.52. The predicted octanol–water partition coefficient (Wildman–Crippen LogP) is 3.32. The van der Waals surface area contributed by atoms with Gasteiger partial charge in [0.2, 0.25) is 5.91 Å². The number of rotatable bonds is 2. The van der Waals surface area contributed by atoms with Gasteiger partial charge in [-0.15, -0.1) is 0 Å². The number of carbonyl (C=O) groups is 1. The molecule has 1 aliphatic carbocycles. The average Bonchev–Trinajstić information content (AvgIpc) is 3.13. The number of carbonyl (C=O) groups excluding carboxylic acids is 1. The molecule has 0 saturated carbocycles. The fraction of sp³-hybridized carbons (Fsp3) is 0.278. The zero-order valence-corrected chi connectivity index (χ0v) is 11.9. The van der Waals surface area contributed by atoms with Crippen LogP contribution in [-0.4, -0.2) is 12.5 Å². The highest BCUT2D eigenvalue weighted by Crippen LogP contribution is 2.32. The Bertz CT molecular complexity index is 708. The molecule has 4 rings (SSSR count). The number of amides is 1. The number of hydrogen-bond acceptors (Lipinski definition) is 2. The topological polar surface area (TPSA) is 41.1 Å². The number of para-hydroxylation sites is 1. The molecule has 1 atom stereocenters. The lowest BCUT2D eigenvalue weighted by Gasteiger charge is -2.12. The van der Waals surface area contributed by atoms with Crippen LogP contribution in [0.3, 0.4) is 0 Å². The molecule has 3 nitrogen and oxygen atoms in total. The molecule has 0 fully saturated rings. The first-order valence-electron chi connectivity index (χ1n) is 7.57. The Kier molecular flexibility index (Phi) is 2.92. The van der Waals surface area contributed by atoms with Gasteiger partial charge in [-0.05, 0) is 54.2 Å². The summed E-state index contributed by atoms with van der Waals surface area (Å²) in [6.07, 6.45) is 3.53. The van der Waals surface area contributed by atoms with Crippen molar-refractivity contribution in [1.82, 2.24) is 0 Å². The van der Waals surface area contributed by atoms with Crippen molar-refractivity contribution < 1.29 is 4.79 Å². The van der Waals surface area contributed by atoms with Gasteiger partial charge in [-0.25, -0.2) is 0 Å². The molecule has 0 radical (unpaired) electrons. The van der Waals surface area contributed by atoms with Crippen LogP contribution in [0.4, 0.5) is 11.4 Å². The fourth-order valence-corrected chi connectivity index (χ4v) is 3.40. The van der Waals surface area contributed by atoms with Crippen LogP contribution in [0, 0.1) is 0 Å². The molecule has 2 aromatic carbocycles. The Morgan fingerprint density at radius 3 is 2.90 bits per heavy atom. The van der Waals surface area contributed by atoms with Crippen LogP contribution in [0.5, 0.6) is 0 Å². The van der Waals surface area contributed by atoms with Crippen molar-refractivity contribution in [1.29, 1.82) is 0 Å². The second-order valence-electron chi connectivity index (χ2n) is 5.85. The zero-order valence-electron chi connectivity index (χ0n) is 11.9. The Morgan fingerprint density at radius 1 is 1.10 bits per heavy atom. The van der Waals surface area contributed by atoms with E-state index in [0.717, 1.165) is 23.4 Å². The normalized spacial score (nSPS) is 18.8. The standard InChI is InChI=1S/C18H18N2O/c21-18(16-11-19-17-7-2-1-6-15(16)17)20-14-9-8-12-4-3-5-13(12)10-14/h1-2,6-10,16,19H,3-5,11H2,(H,20,21). The summed E-state index contributed by atoms with van der Waals surface area (Å²) >= 11 is 0. The highest BCUT2D eigenvalue weighted by molar-refractivity contribution is 5.98. The van der Waals surface area contributed by atoms with E-state index < -0.39 is 0 Å². The van der Waals surface area contributed by atoms with Gasteiger partial charge in [0.05, 0.1) is 5.92 Å². The summed E-state index contributed by atoms with van der Waals surface area (Å²) < 4.78 is 0. The van der Waals surface area contributed by atoms with Crippen molar-refractivity contribution in [2.45, 2.75) is 25.2 Å². The molecule has 0 aromatic heterocycles. The summed E-state index contributed by atoms with van der Waals surface area (Å²) in [7, 11) is 0. The van der Waals surface area contributed by atoms with Crippen LogP contribution in [0.25, 0.3) is 0 Å². The van der Waals surface area contributed by atoms with Crippen molar-refractivity contribution in [3.63, 3.8) is 0 Å². The molecular formula is C18H18N2O. The third kappa shape index (κ3) is 2.19. The molecule has 0 saturated heterocycles. The first-order chi connectivity index (χ1) is 10.3. The van der Waals surface area contributed by atoms with Crippen LogP contribution >= 0.6 is 0 Å². The second-order valence-corrected chi connectivity index (χ2v) is 5.85. The molecule has 1 heterocycles. The molecule has 1 amide bonds. The summed E-state index contributed by atoms with van der Waals surface area (Å²) in [5, 5.41) is 6.37. The maximum absolute atomic E-state index is 12.5. The van der Waals surface area contributed by atoms with E-state index in [1.165, 1.54) is 24.0 Å².